The summed E-state index contributed by atoms with van der Waals surface area (Å²) in [5.41, 5.74) is -0.173. The lowest BCUT2D eigenvalue weighted by Crippen LogP contribution is -2.47. The fourth-order valence-electron chi connectivity index (χ4n) is 1.35. The molecule has 0 amide bonds. The topological polar surface area (TPSA) is 66.4 Å². The Bertz CT molecular complexity index is 230. The molecular formula is C11H21NO3. The van der Waals surface area contributed by atoms with Gasteiger partial charge in [-0.3, -0.25) is 9.59 Å². The summed E-state index contributed by atoms with van der Waals surface area (Å²) in [5.74, 6) is -0.786. The third kappa shape index (κ3) is 7.08. The van der Waals surface area contributed by atoms with Crippen LogP contribution < -0.4 is 5.32 Å². The minimum atomic E-state index is -0.861. The molecule has 0 saturated carbocycles. The van der Waals surface area contributed by atoms with Crippen LogP contribution in [0.3, 0.4) is 0 Å². The zero-order valence-electron chi connectivity index (χ0n) is 9.96. The summed E-state index contributed by atoms with van der Waals surface area (Å²) < 4.78 is 0. The van der Waals surface area contributed by atoms with Gasteiger partial charge in [0.05, 0.1) is 6.04 Å². The monoisotopic (exact) mass is 215 g/mol. The molecule has 0 bridgehead atoms. The Kier molecular flexibility index (Phi) is 5.50. The lowest BCUT2D eigenvalue weighted by atomic mass is 10.00. The van der Waals surface area contributed by atoms with Gasteiger partial charge >= 0.3 is 5.97 Å². The van der Waals surface area contributed by atoms with Crippen LogP contribution in [0, 0.1) is 0 Å². The number of ketones is 1. The lowest BCUT2D eigenvalue weighted by Gasteiger charge is -2.27. The van der Waals surface area contributed by atoms with Crippen LogP contribution in [-0.4, -0.2) is 28.4 Å². The molecule has 0 aromatic heterocycles. The maximum absolute atomic E-state index is 11.5. The first-order valence-corrected chi connectivity index (χ1v) is 5.28. The van der Waals surface area contributed by atoms with Gasteiger partial charge in [0.1, 0.15) is 5.78 Å². The Balaban J connectivity index is 4.32. The number of carboxylic acid groups (broad SMARTS) is 1. The van der Waals surface area contributed by atoms with E-state index in [-0.39, 0.29) is 23.8 Å². The number of carbonyl (C=O) groups is 2. The maximum Gasteiger partial charge on any atom is 0.303 e. The van der Waals surface area contributed by atoms with E-state index in [1.54, 1.807) is 6.92 Å². The zero-order valence-corrected chi connectivity index (χ0v) is 9.96. The molecule has 1 atom stereocenters. The molecule has 1 unspecified atom stereocenters. The third-order valence-corrected chi connectivity index (χ3v) is 1.99. The van der Waals surface area contributed by atoms with Crippen LogP contribution >= 0.6 is 0 Å². The van der Waals surface area contributed by atoms with Gasteiger partial charge in [0.2, 0.25) is 0 Å². The van der Waals surface area contributed by atoms with Gasteiger partial charge in [-0.05, 0) is 27.2 Å². The summed E-state index contributed by atoms with van der Waals surface area (Å²) in [6.07, 6.45) is 0.826. The van der Waals surface area contributed by atoms with Crippen molar-refractivity contribution < 1.29 is 14.7 Å². The number of aliphatic carboxylic acids is 1. The summed E-state index contributed by atoms with van der Waals surface area (Å²) in [6.45, 7) is 7.68. The average Bonchev–Trinajstić information content (AvgIpc) is 2.08. The van der Waals surface area contributed by atoms with Crippen molar-refractivity contribution in [3.63, 3.8) is 0 Å². The second kappa shape index (κ2) is 5.85. The Morgan fingerprint density at radius 3 is 2.20 bits per heavy atom. The van der Waals surface area contributed by atoms with Crippen molar-refractivity contribution >= 4 is 11.8 Å². The van der Waals surface area contributed by atoms with E-state index in [1.807, 2.05) is 20.8 Å². The van der Waals surface area contributed by atoms with E-state index in [9.17, 15) is 9.59 Å². The molecule has 0 aromatic rings. The molecular weight excluding hydrogens is 194 g/mol. The Labute approximate surface area is 91.1 Å². The van der Waals surface area contributed by atoms with Crippen LogP contribution in [-0.2, 0) is 9.59 Å². The summed E-state index contributed by atoms with van der Waals surface area (Å²) in [6, 6.07) is -0.342. The minimum absolute atomic E-state index is 0.0273. The van der Waals surface area contributed by atoms with Crippen LogP contribution in [0.15, 0.2) is 0 Å². The highest BCUT2D eigenvalue weighted by Gasteiger charge is 2.22. The van der Waals surface area contributed by atoms with E-state index in [0.29, 0.717) is 12.8 Å². The van der Waals surface area contributed by atoms with Crippen molar-refractivity contribution in [3.05, 3.63) is 0 Å². The molecule has 2 N–H and O–H groups in total. The van der Waals surface area contributed by atoms with E-state index in [2.05, 4.69) is 5.32 Å². The SMILES string of the molecule is CCC(=O)C(CCC(=O)O)NC(C)(C)C. The van der Waals surface area contributed by atoms with E-state index in [1.165, 1.54) is 0 Å². The molecule has 0 aromatic carbocycles. The average molecular weight is 215 g/mol. The molecule has 0 radical (unpaired) electrons. The summed E-state index contributed by atoms with van der Waals surface area (Å²) in [5, 5.41) is 11.7. The molecule has 0 aliphatic rings. The van der Waals surface area contributed by atoms with E-state index < -0.39 is 5.97 Å². The van der Waals surface area contributed by atoms with Gasteiger partial charge in [-0.2, -0.15) is 0 Å². The van der Waals surface area contributed by atoms with Crippen molar-refractivity contribution in [1.29, 1.82) is 0 Å². The molecule has 0 fully saturated rings. The summed E-state index contributed by atoms with van der Waals surface area (Å²) >= 11 is 0. The van der Waals surface area contributed by atoms with E-state index in [0.717, 1.165) is 0 Å². The van der Waals surface area contributed by atoms with Crippen LogP contribution in [0.25, 0.3) is 0 Å². The Hall–Kier alpha value is -0.900. The molecule has 4 heteroatoms. The van der Waals surface area contributed by atoms with Crippen molar-refractivity contribution in [3.8, 4) is 0 Å². The van der Waals surface area contributed by atoms with Crippen LogP contribution in [0.4, 0.5) is 0 Å². The van der Waals surface area contributed by atoms with Crippen molar-refractivity contribution in [2.24, 2.45) is 0 Å². The summed E-state index contributed by atoms with van der Waals surface area (Å²) in [7, 11) is 0. The molecule has 0 rings (SSSR count). The highest BCUT2D eigenvalue weighted by Crippen LogP contribution is 2.08. The number of Topliss-reactive ketones (excluding diaryl/α,β-unsaturated/α-hetero) is 1. The zero-order chi connectivity index (χ0) is 12.1. The van der Waals surface area contributed by atoms with Gasteiger partial charge in [-0.1, -0.05) is 6.92 Å². The fraction of sp³-hybridized carbons (Fsp3) is 0.818. The third-order valence-electron chi connectivity index (χ3n) is 1.99. The molecule has 88 valence electrons. The highest BCUT2D eigenvalue weighted by molar-refractivity contribution is 5.84. The number of carboxylic acids is 1. The predicted octanol–water partition coefficient (Wildman–Crippen LogP) is 1.59. The van der Waals surface area contributed by atoms with Gasteiger partial charge < -0.3 is 10.4 Å². The second-order valence-electron chi connectivity index (χ2n) is 4.70. The van der Waals surface area contributed by atoms with Crippen molar-refractivity contribution in [1.82, 2.24) is 5.32 Å². The first-order valence-electron chi connectivity index (χ1n) is 5.28. The first kappa shape index (κ1) is 14.1. The van der Waals surface area contributed by atoms with E-state index >= 15 is 0 Å². The molecule has 0 aliphatic heterocycles. The first-order chi connectivity index (χ1) is 6.76. The van der Waals surface area contributed by atoms with Crippen LogP contribution in [0.5, 0.6) is 0 Å². The van der Waals surface area contributed by atoms with Gasteiger partial charge in [0.25, 0.3) is 0 Å². The fourth-order valence-corrected chi connectivity index (χ4v) is 1.35. The minimum Gasteiger partial charge on any atom is -0.481 e. The number of rotatable bonds is 6. The lowest BCUT2D eigenvalue weighted by molar-refractivity contribution is -0.137. The van der Waals surface area contributed by atoms with Crippen LogP contribution in [0.2, 0.25) is 0 Å². The highest BCUT2D eigenvalue weighted by atomic mass is 16.4. The molecule has 0 aliphatic carbocycles. The number of nitrogens with one attached hydrogen (secondary N) is 1. The van der Waals surface area contributed by atoms with Crippen molar-refractivity contribution in [2.45, 2.75) is 58.5 Å². The second-order valence-corrected chi connectivity index (χ2v) is 4.70. The number of carbonyl (C=O) groups excluding carboxylic acids is 1. The maximum atomic E-state index is 11.5. The molecule has 0 heterocycles. The molecule has 0 saturated heterocycles. The molecule has 15 heavy (non-hydrogen) atoms. The van der Waals surface area contributed by atoms with Crippen molar-refractivity contribution in [2.75, 3.05) is 0 Å². The normalized spacial score (nSPS) is 13.6. The standard InChI is InChI=1S/C11H21NO3/c1-5-9(13)8(6-7-10(14)15)12-11(2,3)4/h8,12H,5-7H2,1-4H3,(H,14,15). The Morgan fingerprint density at radius 2 is 1.87 bits per heavy atom. The number of hydrogen-bond acceptors (Lipinski definition) is 3. The Morgan fingerprint density at radius 1 is 1.33 bits per heavy atom. The predicted molar refractivity (Wildman–Crippen MR) is 58.8 cm³/mol. The largest absolute Gasteiger partial charge is 0.481 e. The quantitative estimate of drug-likeness (QED) is 0.706. The van der Waals surface area contributed by atoms with E-state index in [4.69, 9.17) is 5.11 Å². The van der Waals surface area contributed by atoms with Gasteiger partial charge in [-0.25, -0.2) is 0 Å². The van der Waals surface area contributed by atoms with Crippen LogP contribution in [0.1, 0.15) is 47.0 Å². The van der Waals surface area contributed by atoms with Gasteiger partial charge in [-0.15, -0.1) is 0 Å². The number of hydrogen-bond donors (Lipinski definition) is 2. The molecule has 0 spiro atoms. The van der Waals surface area contributed by atoms with Gasteiger partial charge in [0.15, 0.2) is 0 Å². The molecule has 4 nitrogen and oxygen atoms in total. The smallest absolute Gasteiger partial charge is 0.303 e. The summed E-state index contributed by atoms with van der Waals surface area (Å²) in [4.78, 5) is 22.0. The van der Waals surface area contributed by atoms with Gasteiger partial charge in [0, 0.05) is 18.4 Å².